The Morgan fingerprint density at radius 3 is 2.33 bits per heavy atom. The van der Waals surface area contributed by atoms with Crippen molar-refractivity contribution in [2.45, 2.75) is 13.0 Å². The molecular weight excluding hydrogens is 444 g/mol. The molecule has 2 amide bonds. The molecule has 0 radical (unpaired) electrons. The van der Waals surface area contributed by atoms with Gasteiger partial charge in [0.25, 0.3) is 5.91 Å². The van der Waals surface area contributed by atoms with Gasteiger partial charge >= 0.3 is 0 Å². The summed E-state index contributed by atoms with van der Waals surface area (Å²) in [5, 5.41) is 0. The Morgan fingerprint density at radius 2 is 1.63 bits per heavy atom. The first-order valence-electron chi connectivity index (χ1n) is 9.74. The van der Waals surface area contributed by atoms with Crippen LogP contribution < -0.4 is 9.64 Å². The topological polar surface area (TPSA) is 49.9 Å². The van der Waals surface area contributed by atoms with Gasteiger partial charge < -0.3 is 14.5 Å². The van der Waals surface area contributed by atoms with Gasteiger partial charge in [-0.25, -0.2) is 0 Å². The third kappa shape index (κ3) is 4.24. The molecule has 0 unspecified atom stereocenters. The predicted octanol–water partition coefficient (Wildman–Crippen LogP) is 5.12. The molecule has 6 heteroatoms. The van der Waals surface area contributed by atoms with Crippen LogP contribution in [0.25, 0.3) is 0 Å². The van der Waals surface area contributed by atoms with Crippen LogP contribution >= 0.6 is 15.9 Å². The van der Waals surface area contributed by atoms with Gasteiger partial charge in [0.2, 0.25) is 5.91 Å². The van der Waals surface area contributed by atoms with Crippen LogP contribution in [0.3, 0.4) is 0 Å². The van der Waals surface area contributed by atoms with Gasteiger partial charge in [-0.2, -0.15) is 0 Å². The zero-order chi connectivity index (χ0) is 21.1. The molecular formula is C24H21BrN2O3. The Labute approximate surface area is 184 Å². The van der Waals surface area contributed by atoms with Crippen molar-refractivity contribution >= 4 is 33.4 Å². The van der Waals surface area contributed by atoms with Crippen molar-refractivity contribution in [3.8, 4) is 11.5 Å². The fourth-order valence-corrected chi connectivity index (χ4v) is 3.91. The molecule has 1 aliphatic heterocycles. The second kappa shape index (κ2) is 8.71. The summed E-state index contributed by atoms with van der Waals surface area (Å²) in [6.07, 6.45) is 0. The van der Waals surface area contributed by atoms with E-state index in [2.05, 4.69) is 15.9 Å². The Hall–Kier alpha value is -3.12. The SMILES string of the molecule is C[C@@H]1C(=O)N(c2ccc(Oc3ccccc3)cc2)CCN1C(=O)c1cccc(Br)c1. The summed E-state index contributed by atoms with van der Waals surface area (Å²) < 4.78 is 6.65. The number of anilines is 1. The second-order valence-corrected chi connectivity index (χ2v) is 8.00. The second-order valence-electron chi connectivity index (χ2n) is 7.08. The molecule has 1 aliphatic rings. The van der Waals surface area contributed by atoms with E-state index in [0.717, 1.165) is 15.9 Å². The largest absolute Gasteiger partial charge is 0.457 e. The number of hydrogen-bond acceptors (Lipinski definition) is 3. The van der Waals surface area contributed by atoms with Crippen LogP contribution in [0, 0.1) is 0 Å². The fraction of sp³-hybridized carbons (Fsp3) is 0.167. The van der Waals surface area contributed by atoms with Gasteiger partial charge in [0, 0.05) is 28.8 Å². The molecule has 1 saturated heterocycles. The summed E-state index contributed by atoms with van der Waals surface area (Å²) in [5.41, 5.74) is 1.36. The van der Waals surface area contributed by atoms with Gasteiger partial charge in [0.15, 0.2) is 0 Å². The number of halogens is 1. The maximum atomic E-state index is 13.0. The Kier molecular flexibility index (Phi) is 5.86. The van der Waals surface area contributed by atoms with Crippen molar-refractivity contribution in [1.29, 1.82) is 0 Å². The summed E-state index contributed by atoms with van der Waals surface area (Å²) in [4.78, 5) is 29.2. The number of para-hydroxylation sites is 1. The summed E-state index contributed by atoms with van der Waals surface area (Å²) in [5.74, 6) is 1.23. The monoisotopic (exact) mass is 464 g/mol. The maximum absolute atomic E-state index is 13.0. The third-order valence-electron chi connectivity index (χ3n) is 5.12. The fourth-order valence-electron chi connectivity index (χ4n) is 3.51. The number of piperazine rings is 1. The molecule has 152 valence electrons. The number of amides is 2. The molecule has 0 saturated carbocycles. The van der Waals surface area contributed by atoms with E-state index in [1.165, 1.54) is 0 Å². The molecule has 0 N–H and O–H groups in total. The lowest BCUT2D eigenvalue weighted by atomic mass is 10.1. The molecule has 5 nitrogen and oxygen atoms in total. The molecule has 0 aromatic heterocycles. The molecule has 3 aromatic rings. The zero-order valence-electron chi connectivity index (χ0n) is 16.5. The quantitative estimate of drug-likeness (QED) is 0.538. The third-order valence-corrected chi connectivity index (χ3v) is 5.61. The van der Waals surface area contributed by atoms with Crippen molar-refractivity contribution in [2.75, 3.05) is 18.0 Å². The molecule has 1 heterocycles. The smallest absolute Gasteiger partial charge is 0.254 e. The van der Waals surface area contributed by atoms with Crippen LogP contribution in [0.1, 0.15) is 17.3 Å². The lowest BCUT2D eigenvalue weighted by Gasteiger charge is -2.39. The highest BCUT2D eigenvalue weighted by Crippen LogP contribution is 2.27. The molecule has 3 aromatic carbocycles. The van der Waals surface area contributed by atoms with Crippen LogP contribution in [0.4, 0.5) is 5.69 Å². The van der Waals surface area contributed by atoms with Crippen LogP contribution in [-0.4, -0.2) is 35.8 Å². The van der Waals surface area contributed by atoms with Crippen LogP contribution in [0.2, 0.25) is 0 Å². The highest BCUT2D eigenvalue weighted by molar-refractivity contribution is 9.10. The minimum atomic E-state index is -0.537. The average Bonchev–Trinajstić information content (AvgIpc) is 2.77. The van der Waals surface area contributed by atoms with E-state index in [-0.39, 0.29) is 11.8 Å². The minimum absolute atomic E-state index is 0.0960. The highest BCUT2D eigenvalue weighted by Gasteiger charge is 2.35. The summed E-state index contributed by atoms with van der Waals surface area (Å²) in [6.45, 7) is 2.69. The number of hydrogen-bond donors (Lipinski definition) is 0. The lowest BCUT2D eigenvalue weighted by molar-refractivity contribution is -0.124. The maximum Gasteiger partial charge on any atom is 0.254 e. The van der Waals surface area contributed by atoms with E-state index in [1.807, 2.05) is 66.7 Å². The Balaban J connectivity index is 1.45. The first-order valence-corrected chi connectivity index (χ1v) is 10.5. The first kappa shape index (κ1) is 20.2. The van der Waals surface area contributed by atoms with Crippen molar-refractivity contribution in [2.24, 2.45) is 0 Å². The van der Waals surface area contributed by atoms with E-state index in [1.54, 1.807) is 28.9 Å². The van der Waals surface area contributed by atoms with Gasteiger partial charge in [0.1, 0.15) is 17.5 Å². The molecule has 0 aliphatic carbocycles. The Bertz CT molecular complexity index is 1050. The van der Waals surface area contributed by atoms with Gasteiger partial charge in [-0.3, -0.25) is 9.59 Å². The van der Waals surface area contributed by atoms with Crippen molar-refractivity contribution in [3.05, 3.63) is 88.9 Å². The van der Waals surface area contributed by atoms with E-state index in [9.17, 15) is 9.59 Å². The summed E-state index contributed by atoms with van der Waals surface area (Å²) >= 11 is 3.39. The molecule has 1 atom stereocenters. The van der Waals surface area contributed by atoms with Crippen LogP contribution in [-0.2, 0) is 4.79 Å². The number of ether oxygens (including phenoxy) is 1. The van der Waals surface area contributed by atoms with E-state index in [0.29, 0.717) is 24.4 Å². The highest BCUT2D eigenvalue weighted by atomic mass is 79.9. The van der Waals surface area contributed by atoms with Gasteiger partial charge in [-0.15, -0.1) is 0 Å². The number of carbonyl (C=O) groups excluding carboxylic acids is 2. The number of carbonyl (C=O) groups is 2. The molecule has 4 rings (SSSR count). The zero-order valence-corrected chi connectivity index (χ0v) is 18.1. The van der Waals surface area contributed by atoms with Gasteiger partial charge in [-0.1, -0.05) is 40.2 Å². The number of benzene rings is 3. The Morgan fingerprint density at radius 1 is 0.933 bits per heavy atom. The predicted molar refractivity (Wildman–Crippen MR) is 120 cm³/mol. The summed E-state index contributed by atoms with van der Waals surface area (Å²) in [6, 6.07) is 23.7. The van der Waals surface area contributed by atoms with E-state index < -0.39 is 6.04 Å². The normalized spacial score (nSPS) is 16.5. The average molecular weight is 465 g/mol. The lowest BCUT2D eigenvalue weighted by Crippen LogP contribution is -2.57. The standard InChI is InChI=1S/C24H21BrN2O3/c1-17-23(28)27(15-14-26(17)24(29)18-6-5-7-19(25)16-18)20-10-12-22(13-11-20)30-21-8-3-2-4-9-21/h2-13,16-17H,14-15H2,1H3/t17-/m1/s1. The summed E-state index contributed by atoms with van der Waals surface area (Å²) in [7, 11) is 0. The van der Waals surface area contributed by atoms with Crippen molar-refractivity contribution in [1.82, 2.24) is 4.90 Å². The molecule has 30 heavy (non-hydrogen) atoms. The van der Waals surface area contributed by atoms with E-state index >= 15 is 0 Å². The van der Waals surface area contributed by atoms with Crippen molar-refractivity contribution < 1.29 is 14.3 Å². The van der Waals surface area contributed by atoms with Crippen LogP contribution in [0.15, 0.2) is 83.3 Å². The minimum Gasteiger partial charge on any atom is -0.457 e. The van der Waals surface area contributed by atoms with Crippen molar-refractivity contribution in [3.63, 3.8) is 0 Å². The van der Waals surface area contributed by atoms with Crippen LogP contribution in [0.5, 0.6) is 11.5 Å². The van der Waals surface area contributed by atoms with Gasteiger partial charge in [0.05, 0.1) is 0 Å². The van der Waals surface area contributed by atoms with Gasteiger partial charge in [-0.05, 0) is 61.5 Å². The number of rotatable bonds is 4. The first-order chi connectivity index (χ1) is 14.5. The number of nitrogens with zero attached hydrogens (tertiary/aromatic N) is 2. The molecule has 1 fully saturated rings. The molecule has 0 bridgehead atoms. The molecule has 0 spiro atoms. The van der Waals surface area contributed by atoms with E-state index in [4.69, 9.17) is 4.74 Å².